The van der Waals surface area contributed by atoms with Gasteiger partial charge in [-0.15, -0.1) is 0 Å². The lowest BCUT2D eigenvalue weighted by molar-refractivity contribution is 0.0511. The number of benzene rings is 1. The van der Waals surface area contributed by atoms with Gasteiger partial charge in [0, 0.05) is 12.7 Å². The molecule has 0 saturated heterocycles. The zero-order chi connectivity index (χ0) is 28.5. The van der Waals surface area contributed by atoms with Crippen LogP contribution < -0.4 is 9.26 Å². The number of ether oxygens (including phenoxy) is 1. The molecule has 0 N–H and O–H groups in total. The minimum absolute atomic E-state index is 0.156. The molecule has 0 fully saturated rings. The van der Waals surface area contributed by atoms with E-state index in [2.05, 4.69) is 41.5 Å². The molecule has 1 aliphatic rings. The lowest BCUT2D eigenvalue weighted by atomic mass is 9.84. The van der Waals surface area contributed by atoms with Crippen molar-refractivity contribution in [2.45, 2.75) is 139 Å². The van der Waals surface area contributed by atoms with E-state index < -0.39 is 7.82 Å². The van der Waals surface area contributed by atoms with E-state index >= 15 is 0 Å². The van der Waals surface area contributed by atoms with Gasteiger partial charge in [-0.2, -0.15) is 0 Å². The topological polar surface area (TPSA) is 54.0 Å². The van der Waals surface area contributed by atoms with Crippen molar-refractivity contribution in [3.8, 4) is 11.5 Å². The molecule has 0 spiro atoms. The monoisotopic (exact) mass is 552 g/mol. The van der Waals surface area contributed by atoms with Gasteiger partial charge in [0.05, 0.1) is 6.61 Å². The van der Waals surface area contributed by atoms with Crippen molar-refractivity contribution >= 4 is 7.82 Å². The van der Waals surface area contributed by atoms with Gasteiger partial charge < -0.3 is 9.26 Å². The number of phosphoric ester groups is 1. The van der Waals surface area contributed by atoms with Crippen molar-refractivity contribution in [3.63, 3.8) is 0 Å². The molecule has 0 bridgehead atoms. The zero-order valence-corrected chi connectivity index (χ0v) is 27.1. The van der Waals surface area contributed by atoms with Crippen molar-refractivity contribution in [2.24, 2.45) is 17.8 Å². The van der Waals surface area contributed by atoms with Gasteiger partial charge in [-0.1, -0.05) is 72.6 Å². The number of fused-ring (bicyclic) bond motifs is 1. The fourth-order valence-corrected chi connectivity index (χ4v) is 6.83. The van der Waals surface area contributed by atoms with Crippen LogP contribution in [-0.2, 0) is 20.0 Å². The lowest BCUT2D eigenvalue weighted by Gasteiger charge is -2.38. The third-order valence-electron chi connectivity index (χ3n) is 8.55. The van der Waals surface area contributed by atoms with E-state index in [0.29, 0.717) is 5.75 Å². The Bertz CT molecular complexity index is 927. The Hall–Kier alpha value is -1.03. The van der Waals surface area contributed by atoms with E-state index in [9.17, 15) is 4.57 Å². The Morgan fingerprint density at radius 2 is 1.47 bits per heavy atom. The summed E-state index contributed by atoms with van der Waals surface area (Å²) in [7, 11) is -2.29. The molecule has 0 aromatic heterocycles. The van der Waals surface area contributed by atoms with Gasteiger partial charge in [-0.05, 0) is 94.7 Å². The minimum atomic E-state index is -3.65. The van der Waals surface area contributed by atoms with Crippen LogP contribution >= 0.6 is 7.82 Å². The summed E-state index contributed by atoms with van der Waals surface area (Å²) in [5.41, 5.74) is 3.93. The van der Waals surface area contributed by atoms with E-state index in [0.717, 1.165) is 65.0 Å². The quantitative estimate of drug-likeness (QED) is 0.180. The van der Waals surface area contributed by atoms with Crippen molar-refractivity contribution in [2.75, 3.05) is 13.7 Å². The molecular formula is C32H57O5P. The average molecular weight is 553 g/mol. The molecule has 220 valence electrons. The molecule has 4 atom stereocenters. The van der Waals surface area contributed by atoms with Crippen molar-refractivity contribution in [3.05, 3.63) is 22.3 Å². The van der Waals surface area contributed by atoms with Crippen LogP contribution in [0.4, 0.5) is 0 Å². The van der Waals surface area contributed by atoms with E-state index in [1.54, 1.807) is 6.92 Å². The maximum Gasteiger partial charge on any atom is 0.529 e. The van der Waals surface area contributed by atoms with Gasteiger partial charge in [0.1, 0.15) is 17.1 Å². The fraction of sp³-hybridized carbons (Fsp3) is 0.812. The summed E-state index contributed by atoms with van der Waals surface area (Å²) in [5.74, 6) is 4.03. The molecule has 1 aromatic carbocycles. The third-order valence-corrected chi connectivity index (χ3v) is 9.98. The van der Waals surface area contributed by atoms with Gasteiger partial charge in [0.2, 0.25) is 0 Å². The van der Waals surface area contributed by atoms with E-state index in [1.165, 1.54) is 58.5 Å². The summed E-state index contributed by atoms with van der Waals surface area (Å²) in [6.07, 6.45) is 13.6. The number of phosphoric acid groups is 1. The largest absolute Gasteiger partial charge is 0.529 e. The highest BCUT2D eigenvalue weighted by Gasteiger charge is 2.36. The first-order chi connectivity index (χ1) is 17.8. The van der Waals surface area contributed by atoms with Gasteiger partial charge >= 0.3 is 7.82 Å². The maximum atomic E-state index is 12.9. The molecule has 0 radical (unpaired) electrons. The Morgan fingerprint density at radius 1 is 0.895 bits per heavy atom. The fourth-order valence-electron chi connectivity index (χ4n) is 5.78. The van der Waals surface area contributed by atoms with Crippen LogP contribution in [0.1, 0.15) is 128 Å². The molecule has 4 unspecified atom stereocenters. The molecular weight excluding hydrogens is 495 g/mol. The van der Waals surface area contributed by atoms with Gasteiger partial charge in [-0.3, -0.25) is 9.05 Å². The first-order valence-electron chi connectivity index (χ1n) is 15.2. The van der Waals surface area contributed by atoms with E-state index in [1.807, 2.05) is 13.8 Å². The molecule has 1 aliphatic heterocycles. The zero-order valence-electron chi connectivity index (χ0n) is 26.2. The molecule has 0 aliphatic carbocycles. The van der Waals surface area contributed by atoms with Gasteiger partial charge in [0.15, 0.2) is 0 Å². The Labute approximate surface area is 234 Å². The van der Waals surface area contributed by atoms with Crippen LogP contribution in [0.2, 0.25) is 0 Å². The normalized spacial score (nSPS) is 20.5. The molecule has 2 rings (SSSR count). The van der Waals surface area contributed by atoms with Crippen molar-refractivity contribution in [1.82, 2.24) is 0 Å². The highest BCUT2D eigenvalue weighted by molar-refractivity contribution is 7.48. The van der Waals surface area contributed by atoms with E-state index in [-0.39, 0.29) is 12.2 Å². The Balaban J connectivity index is 1.91. The second-order valence-electron chi connectivity index (χ2n) is 12.6. The van der Waals surface area contributed by atoms with E-state index in [4.69, 9.17) is 18.3 Å². The highest BCUT2D eigenvalue weighted by atomic mass is 31.2. The Kier molecular flexibility index (Phi) is 13.2. The molecule has 5 nitrogen and oxygen atoms in total. The molecule has 0 amide bonds. The third kappa shape index (κ3) is 9.56. The number of rotatable bonds is 17. The molecule has 1 heterocycles. The smallest absolute Gasteiger partial charge is 0.487 e. The first-order valence-corrected chi connectivity index (χ1v) is 16.6. The second kappa shape index (κ2) is 15.1. The van der Waals surface area contributed by atoms with Crippen LogP contribution in [0.15, 0.2) is 0 Å². The number of hydrogen-bond acceptors (Lipinski definition) is 5. The SMILES string of the molecule is CCOP(=O)(OC)Oc1c(C)c(C)c2c(c1C)CCC(C)(CCCC(C)CCCC(C)CCCC(C)C)O2. The summed E-state index contributed by atoms with van der Waals surface area (Å²) < 4.78 is 35.9. The van der Waals surface area contributed by atoms with Crippen LogP contribution in [0.5, 0.6) is 11.5 Å². The molecule has 0 saturated carbocycles. The summed E-state index contributed by atoms with van der Waals surface area (Å²) >= 11 is 0. The maximum absolute atomic E-state index is 12.9. The van der Waals surface area contributed by atoms with Crippen LogP contribution in [0, 0.1) is 38.5 Å². The molecule has 1 aromatic rings. The first kappa shape index (κ1) is 33.2. The predicted molar refractivity (Wildman–Crippen MR) is 160 cm³/mol. The summed E-state index contributed by atoms with van der Waals surface area (Å²) in [5, 5.41) is 0. The number of hydrogen-bond donors (Lipinski definition) is 0. The summed E-state index contributed by atoms with van der Waals surface area (Å²) in [4.78, 5) is 0. The van der Waals surface area contributed by atoms with Gasteiger partial charge in [-0.25, -0.2) is 4.57 Å². The molecule has 38 heavy (non-hydrogen) atoms. The lowest BCUT2D eigenvalue weighted by Crippen LogP contribution is -2.37. The summed E-state index contributed by atoms with van der Waals surface area (Å²) in [6.45, 7) is 19.9. The van der Waals surface area contributed by atoms with Crippen molar-refractivity contribution in [1.29, 1.82) is 0 Å². The van der Waals surface area contributed by atoms with Crippen LogP contribution in [0.3, 0.4) is 0 Å². The average Bonchev–Trinajstić information content (AvgIpc) is 2.85. The van der Waals surface area contributed by atoms with Crippen LogP contribution in [-0.4, -0.2) is 19.3 Å². The molecule has 6 heteroatoms. The minimum Gasteiger partial charge on any atom is -0.487 e. The predicted octanol–water partition coefficient (Wildman–Crippen LogP) is 10.3. The standard InChI is InChI=1S/C32H57O5P/c1-11-35-38(33,34-10)37-30-26(6)27(7)31-29(28(30)8)20-22-32(9,36-31)21-14-19-25(5)18-13-17-24(4)16-12-15-23(2)3/h23-25H,11-22H2,1-10H3. The second-order valence-corrected chi connectivity index (χ2v) is 14.3. The highest BCUT2D eigenvalue weighted by Crippen LogP contribution is 2.53. The van der Waals surface area contributed by atoms with Crippen LogP contribution in [0.25, 0.3) is 0 Å². The Morgan fingerprint density at radius 3 is 2.03 bits per heavy atom. The van der Waals surface area contributed by atoms with Crippen molar-refractivity contribution < 1.29 is 22.9 Å². The summed E-state index contributed by atoms with van der Waals surface area (Å²) in [6, 6.07) is 0. The van der Waals surface area contributed by atoms with Gasteiger partial charge in [0.25, 0.3) is 0 Å².